The van der Waals surface area contributed by atoms with Gasteiger partial charge in [-0.05, 0) is 53.2 Å². The molecule has 3 aromatic carbocycles. The molecule has 0 aliphatic heterocycles. The van der Waals surface area contributed by atoms with Crippen LogP contribution in [0.2, 0.25) is 0 Å². The van der Waals surface area contributed by atoms with E-state index in [0.29, 0.717) is 32.5 Å². The van der Waals surface area contributed by atoms with Crippen molar-refractivity contribution >= 4 is 44.6 Å². The van der Waals surface area contributed by atoms with Crippen LogP contribution in [0.4, 0.5) is 17.1 Å². The van der Waals surface area contributed by atoms with Gasteiger partial charge in [-0.2, -0.15) is 0 Å². The zero-order chi connectivity index (χ0) is 18.4. The van der Waals surface area contributed by atoms with Gasteiger partial charge in [0.15, 0.2) is 11.6 Å². The molecular formula is C21H15BrN2O2. The molecule has 0 bridgehead atoms. The number of nitrogens with two attached hydrogens (primary N) is 1. The third-order valence-corrected chi connectivity index (χ3v) is 5.22. The highest BCUT2D eigenvalue weighted by Crippen LogP contribution is 2.37. The van der Waals surface area contributed by atoms with E-state index in [-0.39, 0.29) is 17.1 Å². The van der Waals surface area contributed by atoms with Crippen LogP contribution < -0.4 is 11.1 Å². The quantitative estimate of drug-likeness (QED) is 0.466. The Bertz CT molecular complexity index is 1070. The number of rotatable bonds is 2. The Hall–Kier alpha value is -2.92. The lowest BCUT2D eigenvalue weighted by atomic mass is 9.82. The van der Waals surface area contributed by atoms with E-state index in [1.807, 2.05) is 31.2 Å². The molecule has 0 saturated heterocycles. The van der Waals surface area contributed by atoms with E-state index >= 15 is 0 Å². The molecule has 3 N–H and O–H groups in total. The van der Waals surface area contributed by atoms with E-state index in [0.717, 1.165) is 11.3 Å². The second-order valence-corrected chi connectivity index (χ2v) is 7.12. The van der Waals surface area contributed by atoms with Crippen molar-refractivity contribution in [1.29, 1.82) is 0 Å². The van der Waals surface area contributed by atoms with E-state index in [4.69, 9.17) is 5.73 Å². The first-order valence-electron chi connectivity index (χ1n) is 8.11. The van der Waals surface area contributed by atoms with Gasteiger partial charge in [0.1, 0.15) is 0 Å². The van der Waals surface area contributed by atoms with Crippen LogP contribution in [0, 0.1) is 6.92 Å². The number of hydrogen-bond acceptors (Lipinski definition) is 4. The molecule has 4 rings (SSSR count). The maximum Gasteiger partial charge on any atom is 0.196 e. The van der Waals surface area contributed by atoms with Crippen molar-refractivity contribution < 1.29 is 9.59 Å². The summed E-state index contributed by atoms with van der Waals surface area (Å²) in [7, 11) is 0. The van der Waals surface area contributed by atoms with Crippen LogP contribution in [0.25, 0.3) is 0 Å². The summed E-state index contributed by atoms with van der Waals surface area (Å²) in [6.45, 7) is 2.01. The summed E-state index contributed by atoms with van der Waals surface area (Å²) in [5.74, 6) is -0.440. The number of carbonyl (C=O) groups is 2. The summed E-state index contributed by atoms with van der Waals surface area (Å²) in [6.07, 6.45) is 0. The summed E-state index contributed by atoms with van der Waals surface area (Å²) in [5, 5.41) is 3.25. The predicted octanol–water partition coefficient (Wildman–Crippen LogP) is 4.86. The zero-order valence-electron chi connectivity index (χ0n) is 14.0. The third-order valence-electron chi connectivity index (χ3n) is 4.53. The van der Waals surface area contributed by atoms with Gasteiger partial charge in [0.05, 0.1) is 22.5 Å². The number of aryl methyl sites for hydroxylation is 1. The van der Waals surface area contributed by atoms with E-state index in [9.17, 15) is 9.59 Å². The molecule has 1 aliphatic carbocycles. The summed E-state index contributed by atoms with van der Waals surface area (Å²) in [5.41, 5.74) is 10.3. The molecule has 0 heterocycles. The zero-order valence-corrected chi connectivity index (χ0v) is 15.6. The molecule has 0 fully saturated rings. The lowest BCUT2D eigenvalue weighted by Gasteiger charge is -2.22. The Morgan fingerprint density at radius 2 is 1.50 bits per heavy atom. The van der Waals surface area contributed by atoms with E-state index in [1.54, 1.807) is 30.3 Å². The maximum absolute atomic E-state index is 13.1. The highest BCUT2D eigenvalue weighted by molar-refractivity contribution is 9.10. The van der Waals surface area contributed by atoms with Crippen LogP contribution in [-0.2, 0) is 0 Å². The van der Waals surface area contributed by atoms with Crippen molar-refractivity contribution in [1.82, 2.24) is 0 Å². The molecule has 0 aromatic heterocycles. The largest absolute Gasteiger partial charge is 0.397 e. The van der Waals surface area contributed by atoms with Gasteiger partial charge in [0.2, 0.25) is 0 Å². The minimum absolute atomic E-state index is 0.205. The van der Waals surface area contributed by atoms with Gasteiger partial charge < -0.3 is 11.1 Å². The van der Waals surface area contributed by atoms with Crippen LogP contribution in [0.15, 0.2) is 59.1 Å². The minimum atomic E-state index is -0.235. The average Bonchev–Trinajstić information content (AvgIpc) is 2.64. The monoisotopic (exact) mass is 406 g/mol. The molecule has 0 atom stereocenters. The normalized spacial score (nSPS) is 12.5. The first-order valence-corrected chi connectivity index (χ1v) is 8.90. The second-order valence-electron chi connectivity index (χ2n) is 6.26. The smallest absolute Gasteiger partial charge is 0.196 e. The molecule has 0 saturated carbocycles. The number of nitrogen functional groups attached to an aromatic ring is 1. The van der Waals surface area contributed by atoms with Crippen molar-refractivity contribution in [3.05, 3.63) is 86.9 Å². The molecular weight excluding hydrogens is 392 g/mol. The fourth-order valence-corrected chi connectivity index (χ4v) is 3.51. The Kier molecular flexibility index (Phi) is 3.89. The number of carbonyl (C=O) groups excluding carboxylic acids is 2. The van der Waals surface area contributed by atoms with Gasteiger partial charge in [-0.1, -0.05) is 29.8 Å². The van der Waals surface area contributed by atoms with E-state index in [1.165, 1.54) is 0 Å². The van der Waals surface area contributed by atoms with Gasteiger partial charge in [0.25, 0.3) is 0 Å². The van der Waals surface area contributed by atoms with Gasteiger partial charge in [-0.25, -0.2) is 0 Å². The van der Waals surface area contributed by atoms with Crippen LogP contribution >= 0.6 is 15.9 Å². The van der Waals surface area contributed by atoms with E-state index in [2.05, 4.69) is 21.2 Å². The second kappa shape index (κ2) is 6.11. The van der Waals surface area contributed by atoms with Crippen molar-refractivity contribution in [3.8, 4) is 0 Å². The summed E-state index contributed by atoms with van der Waals surface area (Å²) in [6, 6.07) is 16.4. The number of ketones is 2. The van der Waals surface area contributed by atoms with Gasteiger partial charge in [-0.15, -0.1) is 0 Å². The molecule has 0 spiro atoms. The average molecular weight is 407 g/mol. The summed E-state index contributed by atoms with van der Waals surface area (Å²) >= 11 is 3.33. The highest BCUT2D eigenvalue weighted by atomic mass is 79.9. The SMILES string of the molecule is Cc1ccc(Nc2cccc3c2C(=O)c2ccc(Br)c(N)c2C3=O)cc1. The fraction of sp³-hybridized carbons (Fsp3) is 0.0476. The number of halogens is 1. The standard InChI is InChI=1S/C21H15BrN2O2/c1-11-5-7-12(8-6-11)24-16-4-2-3-13-17(16)20(25)14-9-10-15(22)19(23)18(14)21(13)26/h2-10,24H,23H2,1H3. The van der Waals surface area contributed by atoms with Gasteiger partial charge in [0, 0.05) is 21.3 Å². The van der Waals surface area contributed by atoms with Crippen molar-refractivity contribution in [3.63, 3.8) is 0 Å². The maximum atomic E-state index is 13.1. The fourth-order valence-electron chi connectivity index (χ4n) is 3.18. The van der Waals surface area contributed by atoms with E-state index < -0.39 is 0 Å². The topological polar surface area (TPSA) is 72.2 Å². The molecule has 0 amide bonds. The predicted molar refractivity (Wildman–Crippen MR) is 106 cm³/mol. The van der Waals surface area contributed by atoms with Crippen LogP contribution in [0.3, 0.4) is 0 Å². The first kappa shape index (κ1) is 16.5. The summed E-state index contributed by atoms with van der Waals surface area (Å²) in [4.78, 5) is 26.1. The number of benzene rings is 3. The molecule has 0 radical (unpaired) electrons. The Morgan fingerprint density at radius 1 is 0.846 bits per heavy atom. The third kappa shape index (κ3) is 2.52. The number of nitrogens with one attached hydrogen (secondary N) is 1. The van der Waals surface area contributed by atoms with Gasteiger partial charge in [-0.3, -0.25) is 9.59 Å². The van der Waals surface area contributed by atoms with Crippen molar-refractivity contribution in [2.75, 3.05) is 11.1 Å². The molecule has 26 heavy (non-hydrogen) atoms. The Labute approximate surface area is 159 Å². The molecule has 4 nitrogen and oxygen atoms in total. The number of anilines is 3. The number of fused-ring (bicyclic) bond motifs is 2. The Morgan fingerprint density at radius 3 is 2.23 bits per heavy atom. The molecule has 128 valence electrons. The molecule has 3 aromatic rings. The summed E-state index contributed by atoms with van der Waals surface area (Å²) < 4.78 is 0.606. The molecule has 0 unspecified atom stereocenters. The van der Waals surface area contributed by atoms with Gasteiger partial charge >= 0.3 is 0 Å². The molecule has 1 aliphatic rings. The molecule has 5 heteroatoms. The van der Waals surface area contributed by atoms with Crippen LogP contribution in [-0.4, -0.2) is 11.6 Å². The van der Waals surface area contributed by atoms with Crippen molar-refractivity contribution in [2.24, 2.45) is 0 Å². The van der Waals surface area contributed by atoms with Crippen LogP contribution in [0.1, 0.15) is 37.4 Å². The lowest BCUT2D eigenvalue weighted by molar-refractivity contribution is 0.0980. The number of hydrogen-bond donors (Lipinski definition) is 2. The highest BCUT2D eigenvalue weighted by Gasteiger charge is 2.33. The first-order chi connectivity index (χ1) is 12.5. The minimum Gasteiger partial charge on any atom is -0.397 e. The lowest BCUT2D eigenvalue weighted by Crippen LogP contribution is -2.23. The Balaban J connectivity index is 1.86. The van der Waals surface area contributed by atoms with Crippen molar-refractivity contribution in [2.45, 2.75) is 6.92 Å². The van der Waals surface area contributed by atoms with Crippen LogP contribution in [0.5, 0.6) is 0 Å².